The van der Waals surface area contributed by atoms with Crippen molar-refractivity contribution in [1.82, 2.24) is 9.55 Å². The van der Waals surface area contributed by atoms with Crippen molar-refractivity contribution in [3.05, 3.63) is 29.0 Å². The van der Waals surface area contributed by atoms with E-state index in [-0.39, 0.29) is 0 Å². The zero-order valence-corrected chi connectivity index (χ0v) is 10.7. The summed E-state index contributed by atoms with van der Waals surface area (Å²) in [6.07, 6.45) is 1.86. The molecule has 0 aliphatic heterocycles. The Hall–Kier alpha value is -0.730. The number of aromatic nitrogens is 2. The highest BCUT2D eigenvalue weighted by molar-refractivity contribution is 6.34. The molecule has 0 aliphatic rings. The van der Waals surface area contributed by atoms with Crippen LogP contribution in [0.5, 0.6) is 0 Å². The molecule has 2 nitrogen and oxygen atoms in total. The molecule has 0 saturated heterocycles. The molecule has 0 unspecified atom stereocenters. The lowest BCUT2D eigenvalue weighted by Crippen LogP contribution is -2.03. The van der Waals surface area contributed by atoms with E-state index in [0.29, 0.717) is 10.9 Å². The van der Waals surface area contributed by atoms with E-state index in [4.69, 9.17) is 23.2 Å². The minimum Gasteiger partial charge on any atom is -0.328 e. The average Bonchev–Trinajstić information content (AvgIpc) is 2.61. The number of benzene rings is 1. The summed E-state index contributed by atoms with van der Waals surface area (Å²) in [5, 5.41) is 0.711. The second kappa shape index (κ2) is 5.07. The number of aryl methyl sites for hydroxylation is 2. The summed E-state index contributed by atoms with van der Waals surface area (Å²) in [6, 6.07) is 5.89. The maximum atomic E-state index is 6.13. The van der Waals surface area contributed by atoms with E-state index in [1.165, 1.54) is 0 Å². The van der Waals surface area contributed by atoms with Crippen LogP contribution in [0.1, 0.15) is 19.2 Å². The summed E-state index contributed by atoms with van der Waals surface area (Å²) in [5.74, 6) is 1.62. The van der Waals surface area contributed by atoms with Gasteiger partial charge in [-0.2, -0.15) is 0 Å². The lowest BCUT2D eigenvalue weighted by Gasteiger charge is -2.06. The third-order valence-corrected chi connectivity index (χ3v) is 3.07. The van der Waals surface area contributed by atoms with E-state index >= 15 is 0 Å². The molecule has 0 bridgehead atoms. The minimum absolute atomic E-state index is 0.588. The molecule has 2 rings (SSSR count). The number of alkyl halides is 1. The van der Waals surface area contributed by atoms with E-state index in [1.807, 2.05) is 12.1 Å². The Balaban J connectivity index is 2.60. The Morgan fingerprint density at radius 3 is 2.88 bits per heavy atom. The average molecular weight is 257 g/mol. The fourth-order valence-corrected chi connectivity index (χ4v) is 2.29. The quantitative estimate of drug-likeness (QED) is 0.760. The number of hydrogen-bond acceptors (Lipinski definition) is 1. The highest BCUT2D eigenvalue weighted by atomic mass is 35.5. The van der Waals surface area contributed by atoms with Crippen LogP contribution in [-0.4, -0.2) is 15.4 Å². The zero-order valence-electron chi connectivity index (χ0n) is 9.21. The normalized spacial score (nSPS) is 11.2. The van der Waals surface area contributed by atoms with Crippen molar-refractivity contribution in [2.45, 2.75) is 26.3 Å². The van der Waals surface area contributed by atoms with Gasteiger partial charge in [-0.15, -0.1) is 11.6 Å². The molecule has 1 heterocycles. The van der Waals surface area contributed by atoms with Crippen LogP contribution < -0.4 is 0 Å². The van der Waals surface area contributed by atoms with Gasteiger partial charge < -0.3 is 4.57 Å². The summed E-state index contributed by atoms with van der Waals surface area (Å²) in [5.41, 5.74) is 1.99. The maximum Gasteiger partial charge on any atom is 0.111 e. The molecule has 86 valence electrons. The summed E-state index contributed by atoms with van der Waals surface area (Å²) in [7, 11) is 0. The van der Waals surface area contributed by atoms with Gasteiger partial charge in [0.1, 0.15) is 11.3 Å². The molecular formula is C12H14Cl2N2. The number of fused-ring (bicyclic) bond motifs is 1. The predicted octanol–water partition coefficient (Wildman–Crippen LogP) is 3.88. The first kappa shape index (κ1) is 11.7. The largest absolute Gasteiger partial charge is 0.328 e. The van der Waals surface area contributed by atoms with Crippen molar-refractivity contribution in [2.75, 3.05) is 5.88 Å². The van der Waals surface area contributed by atoms with Gasteiger partial charge in [0.25, 0.3) is 0 Å². The molecule has 0 radical (unpaired) electrons. The highest BCUT2D eigenvalue weighted by Gasteiger charge is 2.11. The first-order valence-electron chi connectivity index (χ1n) is 5.47. The fraction of sp³-hybridized carbons (Fsp3) is 0.417. The monoisotopic (exact) mass is 256 g/mol. The van der Waals surface area contributed by atoms with Crippen molar-refractivity contribution in [3.8, 4) is 0 Å². The Bertz CT molecular complexity index is 491. The van der Waals surface area contributed by atoms with Crippen molar-refractivity contribution in [1.29, 1.82) is 0 Å². The van der Waals surface area contributed by atoms with Gasteiger partial charge in [0, 0.05) is 18.8 Å². The SMILES string of the molecule is CCCn1c(CCCl)nc2c(Cl)cccc21. The molecule has 1 aromatic carbocycles. The van der Waals surface area contributed by atoms with Crippen molar-refractivity contribution in [2.24, 2.45) is 0 Å². The number of imidazole rings is 1. The van der Waals surface area contributed by atoms with E-state index in [2.05, 4.69) is 22.5 Å². The molecule has 16 heavy (non-hydrogen) atoms. The Morgan fingerprint density at radius 1 is 1.38 bits per heavy atom. The van der Waals surface area contributed by atoms with Crippen LogP contribution in [-0.2, 0) is 13.0 Å². The van der Waals surface area contributed by atoms with Crippen LogP contribution in [0.3, 0.4) is 0 Å². The number of para-hydroxylation sites is 1. The van der Waals surface area contributed by atoms with E-state index in [0.717, 1.165) is 36.2 Å². The lowest BCUT2D eigenvalue weighted by molar-refractivity contribution is 0.660. The van der Waals surface area contributed by atoms with Crippen LogP contribution in [0.4, 0.5) is 0 Å². The highest BCUT2D eigenvalue weighted by Crippen LogP contribution is 2.24. The van der Waals surface area contributed by atoms with E-state index < -0.39 is 0 Å². The maximum absolute atomic E-state index is 6.13. The van der Waals surface area contributed by atoms with Gasteiger partial charge in [-0.25, -0.2) is 4.98 Å². The van der Waals surface area contributed by atoms with Gasteiger partial charge in [0.15, 0.2) is 0 Å². The molecule has 2 aromatic rings. The van der Waals surface area contributed by atoms with Crippen molar-refractivity contribution in [3.63, 3.8) is 0 Å². The molecule has 0 fully saturated rings. The van der Waals surface area contributed by atoms with Crippen LogP contribution >= 0.6 is 23.2 Å². The Kier molecular flexibility index (Phi) is 3.72. The number of nitrogens with zero attached hydrogens (tertiary/aromatic N) is 2. The standard InChI is InChI=1S/C12H14Cl2N2/c1-2-8-16-10-5-3-4-9(14)12(10)15-11(16)6-7-13/h3-5H,2,6-8H2,1H3. The molecule has 0 saturated carbocycles. The molecule has 1 aromatic heterocycles. The second-order valence-corrected chi connectivity index (χ2v) is 4.51. The third-order valence-electron chi connectivity index (χ3n) is 2.57. The minimum atomic E-state index is 0.588. The topological polar surface area (TPSA) is 17.8 Å². The zero-order chi connectivity index (χ0) is 11.5. The molecule has 0 N–H and O–H groups in total. The number of hydrogen-bond donors (Lipinski definition) is 0. The molecule has 0 aliphatic carbocycles. The smallest absolute Gasteiger partial charge is 0.111 e. The predicted molar refractivity (Wildman–Crippen MR) is 69.5 cm³/mol. The summed E-state index contributed by atoms with van der Waals surface area (Å²) >= 11 is 11.9. The lowest BCUT2D eigenvalue weighted by atomic mass is 10.3. The first-order chi connectivity index (χ1) is 7.77. The van der Waals surface area contributed by atoms with Gasteiger partial charge in [-0.05, 0) is 18.6 Å². The molecular weight excluding hydrogens is 243 g/mol. The number of halogens is 2. The fourth-order valence-electron chi connectivity index (χ4n) is 1.91. The molecule has 0 amide bonds. The van der Waals surface area contributed by atoms with Gasteiger partial charge in [-0.3, -0.25) is 0 Å². The van der Waals surface area contributed by atoms with Gasteiger partial charge in [0.2, 0.25) is 0 Å². The Morgan fingerprint density at radius 2 is 2.19 bits per heavy atom. The van der Waals surface area contributed by atoms with Gasteiger partial charge in [-0.1, -0.05) is 24.6 Å². The third kappa shape index (κ3) is 2.04. The molecule has 4 heteroatoms. The van der Waals surface area contributed by atoms with Crippen LogP contribution in [0.2, 0.25) is 5.02 Å². The van der Waals surface area contributed by atoms with E-state index in [9.17, 15) is 0 Å². The van der Waals surface area contributed by atoms with Crippen molar-refractivity contribution >= 4 is 34.2 Å². The summed E-state index contributed by atoms with van der Waals surface area (Å²) in [6.45, 7) is 3.12. The van der Waals surface area contributed by atoms with E-state index in [1.54, 1.807) is 0 Å². The van der Waals surface area contributed by atoms with Gasteiger partial charge in [0.05, 0.1) is 10.5 Å². The van der Waals surface area contributed by atoms with Crippen molar-refractivity contribution < 1.29 is 0 Å². The molecule has 0 spiro atoms. The van der Waals surface area contributed by atoms with Gasteiger partial charge >= 0.3 is 0 Å². The Labute approximate surface area is 105 Å². The number of rotatable bonds is 4. The second-order valence-electron chi connectivity index (χ2n) is 3.73. The summed E-state index contributed by atoms with van der Waals surface area (Å²) < 4.78 is 2.21. The molecule has 0 atom stereocenters. The van der Waals surface area contributed by atoms with Crippen LogP contribution in [0.15, 0.2) is 18.2 Å². The van der Waals surface area contributed by atoms with Crippen LogP contribution in [0.25, 0.3) is 11.0 Å². The first-order valence-corrected chi connectivity index (χ1v) is 6.38. The van der Waals surface area contributed by atoms with Crippen LogP contribution in [0, 0.1) is 0 Å². The summed E-state index contributed by atoms with van der Waals surface area (Å²) in [4.78, 5) is 4.57.